The third-order valence-corrected chi connectivity index (χ3v) is 1.24. The SMILES string of the molecule is C=CCC(C(=O)O)C(=O)Cl. The molecule has 0 fully saturated rings. The number of carboxylic acid groups (broad SMARTS) is 1. The van der Waals surface area contributed by atoms with Crippen molar-refractivity contribution in [3.05, 3.63) is 12.7 Å². The molecule has 0 amide bonds. The molecule has 0 aromatic heterocycles. The fraction of sp³-hybridized carbons (Fsp3) is 0.333. The first-order chi connectivity index (χ1) is 4.59. The molecule has 1 unspecified atom stereocenters. The molecule has 0 spiro atoms. The fourth-order valence-corrected chi connectivity index (χ4v) is 0.640. The maximum absolute atomic E-state index is 10.3. The number of carboxylic acids is 1. The molecule has 0 bridgehead atoms. The topological polar surface area (TPSA) is 54.4 Å². The highest BCUT2D eigenvalue weighted by Gasteiger charge is 2.22. The number of rotatable bonds is 4. The van der Waals surface area contributed by atoms with Gasteiger partial charge in [0.15, 0.2) is 0 Å². The first kappa shape index (κ1) is 9.17. The monoisotopic (exact) mass is 162 g/mol. The van der Waals surface area contributed by atoms with Crippen molar-refractivity contribution in [1.29, 1.82) is 0 Å². The Kier molecular flexibility index (Phi) is 3.72. The fourth-order valence-electron chi connectivity index (χ4n) is 0.457. The Morgan fingerprint density at radius 2 is 2.20 bits per heavy atom. The van der Waals surface area contributed by atoms with E-state index in [2.05, 4.69) is 6.58 Å². The Morgan fingerprint density at radius 3 is 2.30 bits per heavy atom. The van der Waals surface area contributed by atoms with Gasteiger partial charge in [-0.25, -0.2) is 0 Å². The molecular weight excluding hydrogens is 156 g/mol. The van der Waals surface area contributed by atoms with Crippen LogP contribution in [0.1, 0.15) is 6.42 Å². The van der Waals surface area contributed by atoms with Crippen LogP contribution in [0.25, 0.3) is 0 Å². The van der Waals surface area contributed by atoms with Crippen LogP contribution in [-0.2, 0) is 9.59 Å². The van der Waals surface area contributed by atoms with E-state index in [0.717, 1.165) is 0 Å². The second-order valence-corrected chi connectivity index (χ2v) is 2.09. The molecule has 3 nitrogen and oxygen atoms in total. The van der Waals surface area contributed by atoms with Gasteiger partial charge in [-0.05, 0) is 18.0 Å². The molecule has 1 atom stereocenters. The second-order valence-electron chi connectivity index (χ2n) is 1.72. The standard InChI is InChI=1S/C6H7ClO3/c1-2-3-4(5(7)8)6(9)10/h2,4H,1,3H2,(H,9,10). The highest BCUT2D eigenvalue weighted by Crippen LogP contribution is 2.07. The smallest absolute Gasteiger partial charge is 0.315 e. The third-order valence-electron chi connectivity index (χ3n) is 0.974. The number of carbonyl (C=O) groups is 2. The molecule has 0 saturated carbocycles. The lowest BCUT2D eigenvalue weighted by Crippen LogP contribution is -2.18. The summed E-state index contributed by atoms with van der Waals surface area (Å²) in [5, 5.41) is 7.47. The summed E-state index contributed by atoms with van der Waals surface area (Å²) >= 11 is 4.95. The third kappa shape index (κ3) is 2.64. The number of halogens is 1. The predicted octanol–water partition coefficient (Wildman–Crippen LogP) is 1.03. The Balaban J connectivity index is 4.11. The van der Waals surface area contributed by atoms with E-state index in [1.165, 1.54) is 6.08 Å². The quantitative estimate of drug-likeness (QED) is 0.382. The molecule has 0 heterocycles. The Bertz CT molecular complexity index is 150. The van der Waals surface area contributed by atoms with Gasteiger partial charge in [0.1, 0.15) is 5.92 Å². The van der Waals surface area contributed by atoms with E-state index >= 15 is 0 Å². The zero-order chi connectivity index (χ0) is 8.15. The summed E-state index contributed by atoms with van der Waals surface area (Å²) in [6.45, 7) is 3.29. The Morgan fingerprint density at radius 1 is 1.70 bits per heavy atom. The maximum atomic E-state index is 10.3. The van der Waals surface area contributed by atoms with Crippen LogP contribution < -0.4 is 0 Å². The van der Waals surface area contributed by atoms with Crippen molar-refractivity contribution in [2.24, 2.45) is 5.92 Å². The lowest BCUT2D eigenvalue weighted by atomic mass is 10.1. The first-order valence-electron chi connectivity index (χ1n) is 2.62. The number of hydrogen-bond donors (Lipinski definition) is 1. The van der Waals surface area contributed by atoms with Crippen LogP contribution >= 0.6 is 11.6 Å². The Labute approximate surface area is 63.3 Å². The van der Waals surface area contributed by atoms with Crippen LogP contribution in [0.3, 0.4) is 0 Å². The number of aliphatic carboxylic acids is 1. The van der Waals surface area contributed by atoms with Crippen LogP contribution in [0.5, 0.6) is 0 Å². The molecule has 0 saturated heterocycles. The number of allylic oxidation sites excluding steroid dienone is 1. The van der Waals surface area contributed by atoms with Gasteiger partial charge in [0.25, 0.3) is 0 Å². The molecule has 56 valence electrons. The zero-order valence-corrected chi connectivity index (χ0v) is 5.97. The molecule has 4 heteroatoms. The van der Waals surface area contributed by atoms with Gasteiger partial charge in [0.05, 0.1) is 0 Å². The van der Waals surface area contributed by atoms with Crippen LogP contribution in [0.2, 0.25) is 0 Å². The van der Waals surface area contributed by atoms with Crippen molar-refractivity contribution >= 4 is 22.8 Å². The van der Waals surface area contributed by atoms with Gasteiger partial charge >= 0.3 is 5.97 Å². The molecule has 0 aliphatic carbocycles. The molecule has 0 rings (SSSR count). The highest BCUT2D eigenvalue weighted by molar-refractivity contribution is 6.65. The van der Waals surface area contributed by atoms with Crippen molar-refractivity contribution in [3.8, 4) is 0 Å². The van der Waals surface area contributed by atoms with E-state index < -0.39 is 17.1 Å². The lowest BCUT2D eigenvalue weighted by Gasteiger charge is -2.00. The first-order valence-corrected chi connectivity index (χ1v) is 3.00. The summed E-state index contributed by atoms with van der Waals surface area (Å²) in [4.78, 5) is 20.5. The normalized spacial score (nSPS) is 12.1. The van der Waals surface area contributed by atoms with E-state index in [4.69, 9.17) is 16.7 Å². The molecule has 0 aliphatic rings. The number of carbonyl (C=O) groups excluding carboxylic acids is 1. The molecular formula is C6H7ClO3. The van der Waals surface area contributed by atoms with Crippen molar-refractivity contribution in [2.45, 2.75) is 6.42 Å². The number of hydrogen-bond acceptors (Lipinski definition) is 2. The van der Waals surface area contributed by atoms with Gasteiger partial charge in [0, 0.05) is 0 Å². The second kappa shape index (κ2) is 4.06. The lowest BCUT2D eigenvalue weighted by molar-refractivity contribution is -0.144. The summed E-state index contributed by atoms with van der Waals surface area (Å²) in [6.07, 6.45) is 1.43. The molecule has 0 aliphatic heterocycles. The predicted molar refractivity (Wildman–Crippen MR) is 36.8 cm³/mol. The molecule has 0 aromatic rings. The maximum Gasteiger partial charge on any atom is 0.315 e. The molecule has 1 N–H and O–H groups in total. The highest BCUT2D eigenvalue weighted by atomic mass is 35.5. The average molecular weight is 163 g/mol. The average Bonchev–Trinajstić information content (AvgIpc) is 1.81. The minimum Gasteiger partial charge on any atom is -0.481 e. The van der Waals surface area contributed by atoms with E-state index in [1.54, 1.807) is 0 Å². The van der Waals surface area contributed by atoms with E-state index in [-0.39, 0.29) is 6.42 Å². The van der Waals surface area contributed by atoms with Gasteiger partial charge in [-0.1, -0.05) is 6.08 Å². The van der Waals surface area contributed by atoms with Gasteiger partial charge in [-0.3, -0.25) is 9.59 Å². The van der Waals surface area contributed by atoms with Crippen molar-refractivity contribution in [3.63, 3.8) is 0 Å². The summed E-state index contributed by atoms with van der Waals surface area (Å²) < 4.78 is 0. The van der Waals surface area contributed by atoms with Crippen LogP contribution in [0.15, 0.2) is 12.7 Å². The zero-order valence-electron chi connectivity index (χ0n) is 5.21. The summed E-state index contributed by atoms with van der Waals surface area (Å²) in [5.74, 6) is -2.35. The Hall–Kier alpha value is -0.830. The van der Waals surface area contributed by atoms with Gasteiger partial charge < -0.3 is 5.11 Å². The summed E-state index contributed by atoms with van der Waals surface area (Å²) in [7, 11) is 0. The van der Waals surface area contributed by atoms with Crippen molar-refractivity contribution in [1.82, 2.24) is 0 Å². The van der Waals surface area contributed by atoms with Gasteiger partial charge in [-0.15, -0.1) is 6.58 Å². The van der Waals surface area contributed by atoms with Gasteiger partial charge in [-0.2, -0.15) is 0 Å². The van der Waals surface area contributed by atoms with Crippen molar-refractivity contribution < 1.29 is 14.7 Å². The summed E-state index contributed by atoms with van der Waals surface area (Å²) in [5.41, 5.74) is 0. The van der Waals surface area contributed by atoms with E-state index in [1.807, 2.05) is 0 Å². The van der Waals surface area contributed by atoms with Crippen LogP contribution in [0.4, 0.5) is 0 Å². The van der Waals surface area contributed by atoms with Crippen LogP contribution in [0, 0.1) is 5.92 Å². The van der Waals surface area contributed by atoms with Crippen molar-refractivity contribution in [2.75, 3.05) is 0 Å². The van der Waals surface area contributed by atoms with E-state index in [9.17, 15) is 9.59 Å². The minimum absolute atomic E-state index is 0.0810. The minimum atomic E-state index is -1.21. The van der Waals surface area contributed by atoms with Gasteiger partial charge in [0.2, 0.25) is 5.24 Å². The molecule has 0 radical (unpaired) electrons. The summed E-state index contributed by atoms with van der Waals surface area (Å²) in [6, 6.07) is 0. The van der Waals surface area contributed by atoms with Crippen LogP contribution in [-0.4, -0.2) is 16.3 Å². The molecule has 10 heavy (non-hydrogen) atoms. The van der Waals surface area contributed by atoms with E-state index in [0.29, 0.717) is 0 Å². The molecule has 0 aromatic carbocycles. The largest absolute Gasteiger partial charge is 0.481 e.